The first-order chi connectivity index (χ1) is 11.8. The van der Waals surface area contributed by atoms with Gasteiger partial charge in [0.2, 0.25) is 11.7 Å². The van der Waals surface area contributed by atoms with E-state index in [4.69, 9.17) is 0 Å². The predicted octanol–water partition coefficient (Wildman–Crippen LogP) is 1.98. The number of hydrogen-bond acceptors (Lipinski definition) is 6. The summed E-state index contributed by atoms with van der Waals surface area (Å²) < 4.78 is 0. The molecule has 1 amide bonds. The molecule has 1 unspecified atom stereocenters. The van der Waals surface area contributed by atoms with Crippen LogP contribution in [0.15, 0.2) is 18.3 Å². The van der Waals surface area contributed by atoms with Gasteiger partial charge in [-0.2, -0.15) is 0 Å². The van der Waals surface area contributed by atoms with Gasteiger partial charge >= 0.3 is 5.69 Å². The normalized spacial score (nSPS) is 18.6. The molecule has 8 nitrogen and oxygen atoms in total. The lowest BCUT2D eigenvalue weighted by Crippen LogP contribution is -2.44. The van der Waals surface area contributed by atoms with E-state index in [1.165, 1.54) is 18.3 Å². The maximum atomic E-state index is 13.0. The molecule has 25 heavy (non-hydrogen) atoms. The molecule has 0 aromatic carbocycles. The summed E-state index contributed by atoms with van der Waals surface area (Å²) in [4.78, 5) is 31.7. The Labute approximate surface area is 148 Å². The van der Waals surface area contributed by atoms with Crippen molar-refractivity contribution in [1.29, 1.82) is 0 Å². The van der Waals surface area contributed by atoms with Crippen molar-refractivity contribution in [2.24, 2.45) is 5.92 Å². The Morgan fingerprint density at radius 3 is 2.80 bits per heavy atom. The van der Waals surface area contributed by atoms with E-state index in [2.05, 4.69) is 15.2 Å². The van der Waals surface area contributed by atoms with Crippen molar-refractivity contribution in [2.75, 3.05) is 32.5 Å². The van der Waals surface area contributed by atoms with Crippen molar-refractivity contribution in [3.8, 4) is 0 Å². The van der Waals surface area contributed by atoms with E-state index in [1.807, 2.05) is 32.8 Å². The van der Waals surface area contributed by atoms with Crippen molar-refractivity contribution < 1.29 is 9.72 Å². The summed E-state index contributed by atoms with van der Waals surface area (Å²) >= 11 is 0. The minimum Gasteiger partial charge on any atom is -0.353 e. The standard InChI is InChI=1S/C17H27N5O3/c1-12(2)10-14(17(23)21-9-7-13(11-21)20(3)4)19-16-15(22(24)25)6-5-8-18-16/h5-6,8,12-14H,7,9-11H2,1-4H3,(H,18,19)/t13?,14-/m0/s1. The Balaban J connectivity index is 2.17. The Morgan fingerprint density at radius 1 is 1.52 bits per heavy atom. The lowest BCUT2D eigenvalue weighted by molar-refractivity contribution is -0.384. The van der Waals surface area contributed by atoms with Crippen LogP contribution in [0, 0.1) is 16.0 Å². The fraction of sp³-hybridized carbons (Fsp3) is 0.647. The average molecular weight is 349 g/mol. The van der Waals surface area contributed by atoms with Gasteiger partial charge in [0.15, 0.2) is 0 Å². The predicted molar refractivity (Wildman–Crippen MR) is 96.4 cm³/mol. The number of likely N-dealkylation sites (tertiary alicyclic amines) is 1. The monoisotopic (exact) mass is 349 g/mol. The number of anilines is 1. The van der Waals surface area contributed by atoms with Crippen molar-refractivity contribution >= 4 is 17.4 Å². The first-order valence-corrected chi connectivity index (χ1v) is 8.60. The third-order valence-corrected chi connectivity index (χ3v) is 4.50. The van der Waals surface area contributed by atoms with Crippen LogP contribution < -0.4 is 5.32 Å². The van der Waals surface area contributed by atoms with Crippen molar-refractivity contribution in [3.05, 3.63) is 28.4 Å². The molecule has 0 saturated carbocycles. The van der Waals surface area contributed by atoms with Crippen molar-refractivity contribution in [1.82, 2.24) is 14.8 Å². The second-order valence-corrected chi connectivity index (χ2v) is 7.15. The number of nitrogens with zero attached hydrogens (tertiary/aromatic N) is 4. The molecule has 1 aliphatic rings. The van der Waals surface area contributed by atoms with E-state index in [9.17, 15) is 14.9 Å². The number of likely N-dealkylation sites (N-methyl/N-ethyl adjacent to an activating group) is 1. The second-order valence-electron chi connectivity index (χ2n) is 7.15. The summed E-state index contributed by atoms with van der Waals surface area (Å²) in [5, 5.41) is 14.2. The topological polar surface area (TPSA) is 91.6 Å². The molecule has 1 N–H and O–H groups in total. The molecule has 1 fully saturated rings. The van der Waals surface area contributed by atoms with E-state index in [0.717, 1.165) is 6.42 Å². The van der Waals surface area contributed by atoms with Gasteiger partial charge in [-0.1, -0.05) is 13.8 Å². The molecular formula is C17H27N5O3. The molecule has 0 bridgehead atoms. The maximum absolute atomic E-state index is 13.0. The summed E-state index contributed by atoms with van der Waals surface area (Å²) in [6, 6.07) is 2.75. The van der Waals surface area contributed by atoms with Gasteiger partial charge in [-0.05, 0) is 38.9 Å². The molecule has 0 radical (unpaired) electrons. The minimum atomic E-state index is -0.519. The Morgan fingerprint density at radius 2 is 2.24 bits per heavy atom. The van der Waals surface area contributed by atoms with Crippen molar-refractivity contribution in [2.45, 2.75) is 38.8 Å². The van der Waals surface area contributed by atoms with Gasteiger partial charge in [0.1, 0.15) is 6.04 Å². The summed E-state index contributed by atoms with van der Waals surface area (Å²) in [5.74, 6) is 0.407. The molecule has 1 aliphatic heterocycles. The highest BCUT2D eigenvalue weighted by molar-refractivity contribution is 5.85. The highest BCUT2D eigenvalue weighted by Crippen LogP contribution is 2.24. The van der Waals surface area contributed by atoms with Crippen LogP contribution in [-0.4, -0.2) is 64.9 Å². The van der Waals surface area contributed by atoms with Crippen LogP contribution in [0.3, 0.4) is 0 Å². The number of carbonyl (C=O) groups is 1. The largest absolute Gasteiger partial charge is 0.353 e. The molecule has 2 atom stereocenters. The fourth-order valence-electron chi connectivity index (χ4n) is 3.10. The van der Waals surface area contributed by atoms with Gasteiger partial charge in [0, 0.05) is 31.4 Å². The summed E-state index contributed by atoms with van der Waals surface area (Å²) in [6.07, 6.45) is 3.02. The number of hydrogen-bond donors (Lipinski definition) is 1. The number of carbonyl (C=O) groups excluding carboxylic acids is 1. The fourth-order valence-corrected chi connectivity index (χ4v) is 3.10. The minimum absolute atomic E-state index is 0.0157. The number of rotatable bonds is 7. The molecule has 0 spiro atoms. The molecule has 8 heteroatoms. The summed E-state index contributed by atoms with van der Waals surface area (Å²) in [5.41, 5.74) is -0.114. The molecule has 0 aliphatic carbocycles. The van der Waals surface area contributed by atoms with Crippen LogP contribution in [0.1, 0.15) is 26.7 Å². The number of aromatic nitrogens is 1. The van der Waals surface area contributed by atoms with Crippen LogP contribution in [-0.2, 0) is 4.79 Å². The molecule has 1 aromatic rings. The van der Waals surface area contributed by atoms with Crippen LogP contribution in [0.5, 0.6) is 0 Å². The van der Waals surface area contributed by atoms with Crippen LogP contribution >= 0.6 is 0 Å². The zero-order valence-electron chi connectivity index (χ0n) is 15.3. The molecule has 2 heterocycles. The average Bonchev–Trinajstić information content (AvgIpc) is 3.03. The first-order valence-electron chi connectivity index (χ1n) is 8.60. The zero-order valence-corrected chi connectivity index (χ0v) is 15.3. The summed E-state index contributed by atoms with van der Waals surface area (Å²) in [6.45, 7) is 5.46. The van der Waals surface area contributed by atoms with Gasteiger partial charge in [0.05, 0.1) is 4.92 Å². The summed E-state index contributed by atoms with van der Waals surface area (Å²) in [7, 11) is 4.03. The van der Waals surface area contributed by atoms with E-state index in [1.54, 1.807) is 0 Å². The highest BCUT2D eigenvalue weighted by atomic mass is 16.6. The molecule has 1 saturated heterocycles. The Bertz CT molecular complexity index is 620. The lowest BCUT2D eigenvalue weighted by Gasteiger charge is -2.26. The highest BCUT2D eigenvalue weighted by Gasteiger charge is 2.33. The Hall–Kier alpha value is -2.22. The molecule has 2 rings (SSSR count). The zero-order chi connectivity index (χ0) is 18.6. The number of nitro groups is 1. The quantitative estimate of drug-likeness (QED) is 0.598. The van der Waals surface area contributed by atoms with Crippen molar-refractivity contribution in [3.63, 3.8) is 0 Å². The first kappa shape index (κ1) is 19.1. The van der Waals surface area contributed by atoms with E-state index in [-0.39, 0.29) is 23.3 Å². The smallest absolute Gasteiger partial charge is 0.311 e. The third-order valence-electron chi connectivity index (χ3n) is 4.50. The second kappa shape index (κ2) is 8.24. The maximum Gasteiger partial charge on any atom is 0.311 e. The van der Waals surface area contributed by atoms with Gasteiger partial charge in [-0.3, -0.25) is 14.9 Å². The molecule has 138 valence electrons. The SMILES string of the molecule is CC(C)C[C@H](Nc1ncccc1[N+](=O)[O-])C(=O)N1CCC(N(C)C)C1. The van der Waals surface area contributed by atoms with Crippen LogP contribution in [0.4, 0.5) is 11.5 Å². The number of nitrogens with one attached hydrogen (secondary N) is 1. The lowest BCUT2D eigenvalue weighted by atomic mass is 10.0. The molecule has 1 aromatic heterocycles. The van der Waals surface area contributed by atoms with Gasteiger partial charge in [-0.15, -0.1) is 0 Å². The van der Waals surface area contributed by atoms with Gasteiger partial charge in [-0.25, -0.2) is 4.98 Å². The van der Waals surface area contributed by atoms with E-state index in [0.29, 0.717) is 25.6 Å². The van der Waals surface area contributed by atoms with Crippen LogP contribution in [0.25, 0.3) is 0 Å². The van der Waals surface area contributed by atoms with E-state index >= 15 is 0 Å². The number of pyridine rings is 1. The molecular weight excluding hydrogens is 322 g/mol. The van der Waals surface area contributed by atoms with E-state index < -0.39 is 11.0 Å². The van der Waals surface area contributed by atoms with Gasteiger partial charge in [0.25, 0.3) is 0 Å². The Kier molecular flexibility index (Phi) is 6.30. The number of amides is 1. The van der Waals surface area contributed by atoms with Gasteiger partial charge < -0.3 is 15.1 Å². The van der Waals surface area contributed by atoms with Crippen LogP contribution in [0.2, 0.25) is 0 Å². The third kappa shape index (κ3) is 4.88.